The predicted octanol–water partition coefficient (Wildman–Crippen LogP) is 6.18. The molecule has 0 fully saturated rings. The van der Waals surface area contributed by atoms with E-state index < -0.39 is 0 Å². The van der Waals surface area contributed by atoms with Gasteiger partial charge >= 0.3 is 0 Å². The lowest BCUT2D eigenvalue weighted by atomic mass is 9.98. The fourth-order valence-electron chi connectivity index (χ4n) is 2.44. The van der Waals surface area contributed by atoms with Crippen molar-refractivity contribution >= 4 is 43.2 Å². The lowest BCUT2D eigenvalue weighted by Gasteiger charge is -2.20. The molecule has 0 radical (unpaired) electrons. The molecular weight excluding hydrogens is 400 g/mol. The van der Waals surface area contributed by atoms with Gasteiger partial charge in [0.2, 0.25) is 0 Å². The minimum Gasteiger partial charge on any atom is -0.496 e. The molecule has 1 atom stereocenters. The highest BCUT2D eigenvalue weighted by Crippen LogP contribution is 2.45. The van der Waals surface area contributed by atoms with E-state index in [0.29, 0.717) is 0 Å². The molecule has 0 spiro atoms. The third kappa shape index (κ3) is 2.83. The number of hydrogen-bond donors (Lipinski definition) is 0. The molecule has 0 aliphatic rings. The van der Waals surface area contributed by atoms with E-state index in [1.807, 2.05) is 0 Å². The maximum Gasteiger partial charge on any atom is 0.126 e. The number of methoxy groups -OCH3 is 1. The van der Waals surface area contributed by atoms with E-state index in [2.05, 4.69) is 70.1 Å². The highest BCUT2D eigenvalue weighted by molar-refractivity contribution is 9.10. The van der Waals surface area contributed by atoms with Crippen molar-refractivity contribution in [2.45, 2.75) is 32.0 Å². The Hall–Kier alpha value is -0.320. The van der Waals surface area contributed by atoms with Crippen molar-refractivity contribution in [1.82, 2.24) is 0 Å². The molecule has 1 nitrogen and oxygen atoms in total. The molecule has 108 valence electrons. The number of benzene rings is 1. The number of halogens is 2. The van der Waals surface area contributed by atoms with Crippen molar-refractivity contribution in [2.24, 2.45) is 0 Å². The molecule has 1 aromatic carbocycles. The number of alkyl halides is 1. The SMILES string of the molecule is CCc1ccsc1C(Br)c1c(C)c(Br)cc(C)c1OC. The van der Waals surface area contributed by atoms with Crippen LogP contribution < -0.4 is 4.74 Å². The second-order valence-corrected chi connectivity index (χ2v) is 7.49. The third-order valence-corrected chi connectivity index (χ3v) is 6.62. The summed E-state index contributed by atoms with van der Waals surface area (Å²) < 4.78 is 6.79. The number of aryl methyl sites for hydroxylation is 2. The van der Waals surface area contributed by atoms with Crippen molar-refractivity contribution in [2.75, 3.05) is 7.11 Å². The van der Waals surface area contributed by atoms with Crippen LogP contribution in [0.1, 0.15) is 38.9 Å². The molecule has 0 aliphatic heterocycles. The van der Waals surface area contributed by atoms with Crippen LogP contribution in [0.4, 0.5) is 0 Å². The monoisotopic (exact) mass is 416 g/mol. The molecule has 1 unspecified atom stereocenters. The topological polar surface area (TPSA) is 9.23 Å². The van der Waals surface area contributed by atoms with Crippen molar-refractivity contribution in [3.8, 4) is 5.75 Å². The fraction of sp³-hybridized carbons (Fsp3) is 0.375. The summed E-state index contributed by atoms with van der Waals surface area (Å²) in [6, 6.07) is 4.33. The van der Waals surface area contributed by atoms with E-state index in [0.717, 1.165) is 22.2 Å². The number of ether oxygens (including phenoxy) is 1. The normalized spacial score (nSPS) is 12.5. The van der Waals surface area contributed by atoms with E-state index in [1.165, 1.54) is 21.6 Å². The van der Waals surface area contributed by atoms with E-state index in [4.69, 9.17) is 4.74 Å². The van der Waals surface area contributed by atoms with Gasteiger partial charge in [-0.2, -0.15) is 0 Å². The number of rotatable bonds is 4. The Kier molecular flexibility index (Phi) is 5.32. The number of hydrogen-bond acceptors (Lipinski definition) is 2. The van der Waals surface area contributed by atoms with Crippen molar-refractivity contribution in [3.05, 3.63) is 49.1 Å². The molecule has 0 bridgehead atoms. The van der Waals surface area contributed by atoms with Crippen molar-refractivity contribution < 1.29 is 4.74 Å². The third-order valence-electron chi connectivity index (χ3n) is 3.56. The van der Waals surface area contributed by atoms with Gasteiger partial charge in [-0.25, -0.2) is 0 Å². The average Bonchev–Trinajstić information content (AvgIpc) is 2.90. The molecule has 0 saturated heterocycles. The minimum absolute atomic E-state index is 0.170. The summed E-state index contributed by atoms with van der Waals surface area (Å²) in [6.07, 6.45) is 1.05. The van der Waals surface area contributed by atoms with Crippen LogP contribution in [0.25, 0.3) is 0 Å². The molecule has 2 aromatic rings. The smallest absolute Gasteiger partial charge is 0.126 e. The molecular formula is C16H18Br2OS. The zero-order valence-corrected chi connectivity index (χ0v) is 16.1. The van der Waals surface area contributed by atoms with Crippen LogP contribution in [0.2, 0.25) is 0 Å². The summed E-state index contributed by atoms with van der Waals surface area (Å²) in [7, 11) is 1.74. The van der Waals surface area contributed by atoms with Crippen LogP contribution >= 0.6 is 43.2 Å². The molecule has 0 N–H and O–H groups in total. The maximum atomic E-state index is 5.66. The Morgan fingerprint density at radius 1 is 1.35 bits per heavy atom. The Bertz CT molecular complexity index is 619. The highest BCUT2D eigenvalue weighted by atomic mass is 79.9. The minimum atomic E-state index is 0.170. The molecule has 0 saturated carbocycles. The zero-order chi connectivity index (χ0) is 14.9. The Morgan fingerprint density at radius 2 is 2.05 bits per heavy atom. The van der Waals surface area contributed by atoms with Gasteiger partial charge in [-0.05, 0) is 54.5 Å². The Balaban J connectivity index is 2.62. The van der Waals surface area contributed by atoms with Crippen LogP contribution in [0.3, 0.4) is 0 Å². The van der Waals surface area contributed by atoms with E-state index in [9.17, 15) is 0 Å². The van der Waals surface area contributed by atoms with Gasteiger partial charge in [0.25, 0.3) is 0 Å². The molecule has 20 heavy (non-hydrogen) atoms. The molecule has 2 rings (SSSR count). The standard InChI is InChI=1S/C16H18Br2OS/c1-5-11-6-7-20-16(11)14(18)13-10(3)12(17)8-9(2)15(13)19-4/h6-8,14H,5H2,1-4H3. The highest BCUT2D eigenvalue weighted by Gasteiger charge is 2.23. The quantitative estimate of drug-likeness (QED) is 0.539. The van der Waals surface area contributed by atoms with E-state index >= 15 is 0 Å². The summed E-state index contributed by atoms with van der Waals surface area (Å²) >= 11 is 9.34. The van der Waals surface area contributed by atoms with Gasteiger partial charge in [-0.3, -0.25) is 0 Å². The fourth-order valence-corrected chi connectivity index (χ4v) is 5.15. The van der Waals surface area contributed by atoms with Crippen LogP contribution in [0.15, 0.2) is 22.0 Å². The van der Waals surface area contributed by atoms with Gasteiger partial charge in [0.05, 0.1) is 11.9 Å². The van der Waals surface area contributed by atoms with E-state index in [1.54, 1.807) is 18.4 Å². The average molecular weight is 418 g/mol. The summed E-state index contributed by atoms with van der Waals surface area (Å²) in [6.45, 7) is 6.41. The molecule has 1 aromatic heterocycles. The first kappa shape index (κ1) is 16.1. The van der Waals surface area contributed by atoms with Gasteiger partial charge in [0.1, 0.15) is 5.75 Å². The van der Waals surface area contributed by atoms with Gasteiger partial charge in [0.15, 0.2) is 0 Å². The lowest BCUT2D eigenvalue weighted by Crippen LogP contribution is -2.03. The van der Waals surface area contributed by atoms with Crippen LogP contribution in [0, 0.1) is 13.8 Å². The predicted molar refractivity (Wildman–Crippen MR) is 94.6 cm³/mol. The molecule has 0 aliphatic carbocycles. The first-order chi connectivity index (χ1) is 9.51. The van der Waals surface area contributed by atoms with Gasteiger partial charge < -0.3 is 4.74 Å². The molecule has 1 heterocycles. The lowest BCUT2D eigenvalue weighted by molar-refractivity contribution is 0.407. The van der Waals surface area contributed by atoms with Crippen LogP contribution in [0.5, 0.6) is 5.75 Å². The summed E-state index contributed by atoms with van der Waals surface area (Å²) in [5, 5.41) is 2.16. The summed E-state index contributed by atoms with van der Waals surface area (Å²) in [5.41, 5.74) is 5.00. The molecule has 4 heteroatoms. The van der Waals surface area contributed by atoms with Gasteiger partial charge in [0, 0.05) is 14.9 Å². The zero-order valence-electron chi connectivity index (χ0n) is 12.1. The van der Waals surface area contributed by atoms with Crippen LogP contribution in [-0.2, 0) is 6.42 Å². The Labute approximate surface area is 141 Å². The van der Waals surface area contributed by atoms with E-state index in [-0.39, 0.29) is 4.83 Å². The summed E-state index contributed by atoms with van der Waals surface area (Å²) in [5.74, 6) is 0.975. The largest absolute Gasteiger partial charge is 0.496 e. The van der Waals surface area contributed by atoms with Crippen molar-refractivity contribution in [3.63, 3.8) is 0 Å². The van der Waals surface area contributed by atoms with Gasteiger partial charge in [-0.1, -0.05) is 38.8 Å². The second-order valence-electron chi connectivity index (χ2n) is 4.77. The van der Waals surface area contributed by atoms with Crippen LogP contribution in [-0.4, -0.2) is 7.11 Å². The van der Waals surface area contributed by atoms with Crippen molar-refractivity contribution in [1.29, 1.82) is 0 Å². The van der Waals surface area contributed by atoms with Gasteiger partial charge in [-0.15, -0.1) is 11.3 Å². The molecule has 0 amide bonds. The maximum absolute atomic E-state index is 5.66. The summed E-state index contributed by atoms with van der Waals surface area (Å²) in [4.78, 5) is 1.54. The Morgan fingerprint density at radius 3 is 2.65 bits per heavy atom. The number of thiophene rings is 1. The second kappa shape index (κ2) is 6.63. The first-order valence-electron chi connectivity index (χ1n) is 6.55. The first-order valence-corrected chi connectivity index (χ1v) is 9.14.